The van der Waals surface area contributed by atoms with E-state index in [4.69, 9.17) is 16.4 Å². The maximum Gasteiger partial charge on any atom is 0.268 e. The quantitative estimate of drug-likeness (QED) is 0.221. The molecule has 0 aliphatic rings. The standard InChI is InChI=1S/C11H14N6O2S/c12-15-10(18)8-3-1-2-4-9(8)19-5-6-20-11-16-14-7-17(11)13/h1-4,7H,5-6,12-13H2,(H,15,18). The van der Waals surface area contributed by atoms with Gasteiger partial charge >= 0.3 is 0 Å². The Kier molecular flexibility index (Phi) is 4.80. The summed E-state index contributed by atoms with van der Waals surface area (Å²) in [6, 6.07) is 6.87. The summed E-state index contributed by atoms with van der Waals surface area (Å²) < 4.78 is 6.90. The minimum atomic E-state index is -0.394. The molecule has 5 N–H and O–H groups in total. The number of para-hydroxylation sites is 1. The van der Waals surface area contributed by atoms with Crippen LogP contribution in [0.4, 0.5) is 0 Å². The smallest absolute Gasteiger partial charge is 0.268 e. The third kappa shape index (κ3) is 3.39. The van der Waals surface area contributed by atoms with Gasteiger partial charge in [-0.1, -0.05) is 23.9 Å². The molecule has 1 amide bonds. The largest absolute Gasteiger partial charge is 0.492 e. The minimum absolute atomic E-state index is 0.391. The molecule has 0 aliphatic carbocycles. The van der Waals surface area contributed by atoms with Gasteiger partial charge in [0.2, 0.25) is 5.16 Å². The van der Waals surface area contributed by atoms with Gasteiger partial charge in [-0.2, -0.15) is 0 Å². The van der Waals surface area contributed by atoms with Gasteiger partial charge in [0.05, 0.1) is 12.2 Å². The predicted octanol–water partition coefficient (Wildman–Crippen LogP) is -0.234. The fraction of sp³-hybridized carbons (Fsp3) is 0.182. The van der Waals surface area contributed by atoms with Crippen molar-refractivity contribution in [2.75, 3.05) is 18.2 Å². The van der Waals surface area contributed by atoms with Gasteiger partial charge in [-0.15, -0.1) is 10.2 Å². The number of nitrogens with zero attached hydrogens (tertiary/aromatic N) is 3. The van der Waals surface area contributed by atoms with E-state index in [0.717, 1.165) is 0 Å². The minimum Gasteiger partial charge on any atom is -0.492 e. The van der Waals surface area contributed by atoms with Crippen molar-refractivity contribution in [2.24, 2.45) is 5.84 Å². The number of hydrazine groups is 1. The Hall–Kier alpha value is -2.26. The zero-order valence-electron chi connectivity index (χ0n) is 10.5. The monoisotopic (exact) mass is 294 g/mol. The van der Waals surface area contributed by atoms with Gasteiger partial charge in [-0.3, -0.25) is 10.2 Å². The first kappa shape index (κ1) is 14.2. The molecule has 0 radical (unpaired) electrons. The van der Waals surface area contributed by atoms with Crippen LogP contribution in [0.3, 0.4) is 0 Å². The average molecular weight is 294 g/mol. The lowest BCUT2D eigenvalue weighted by Crippen LogP contribution is -2.30. The Balaban J connectivity index is 1.88. The van der Waals surface area contributed by atoms with Crippen molar-refractivity contribution in [3.8, 4) is 5.75 Å². The van der Waals surface area contributed by atoms with E-state index < -0.39 is 5.91 Å². The number of hydrogen-bond donors (Lipinski definition) is 3. The Morgan fingerprint density at radius 2 is 2.25 bits per heavy atom. The van der Waals surface area contributed by atoms with E-state index >= 15 is 0 Å². The fourth-order valence-corrected chi connectivity index (χ4v) is 2.13. The second kappa shape index (κ2) is 6.78. The van der Waals surface area contributed by atoms with E-state index in [1.54, 1.807) is 24.3 Å². The Labute approximate surface area is 119 Å². The van der Waals surface area contributed by atoms with Crippen LogP contribution in [-0.4, -0.2) is 33.1 Å². The zero-order chi connectivity index (χ0) is 14.4. The molecule has 1 aromatic heterocycles. The number of ether oxygens (including phenoxy) is 1. The molecule has 106 valence electrons. The van der Waals surface area contributed by atoms with E-state index in [2.05, 4.69) is 15.6 Å². The molecule has 20 heavy (non-hydrogen) atoms. The zero-order valence-corrected chi connectivity index (χ0v) is 11.3. The molecule has 0 fully saturated rings. The molecule has 0 atom stereocenters. The van der Waals surface area contributed by atoms with Crippen molar-refractivity contribution in [2.45, 2.75) is 5.16 Å². The number of aromatic nitrogens is 3. The van der Waals surface area contributed by atoms with Crippen LogP contribution in [0.2, 0.25) is 0 Å². The highest BCUT2D eigenvalue weighted by molar-refractivity contribution is 7.99. The summed E-state index contributed by atoms with van der Waals surface area (Å²) >= 11 is 1.41. The van der Waals surface area contributed by atoms with Gasteiger partial charge in [0.1, 0.15) is 12.1 Å². The summed E-state index contributed by atoms with van der Waals surface area (Å²) in [6.07, 6.45) is 1.42. The second-order valence-corrected chi connectivity index (χ2v) is 4.75. The van der Waals surface area contributed by atoms with Crippen molar-refractivity contribution in [1.82, 2.24) is 20.3 Å². The van der Waals surface area contributed by atoms with E-state index in [9.17, 15) is 4.79 Å². The molecule has 2 rings (SSSR count). The van der Waals surface area contributed by atoms with Gasteiger partial charge in [0, 0.05) is 5.75 Å². The molecule has 8 nitrogen and oxygen atoms in total. The number of benzene rings is 1. The number of nitrogens with two attached hydrogens (primary N) is 2. The van der Waals surface area contributed by atoms with Gasteiger partial charge in [-0.05, 0) is 12.1 Å². The molecule has 0 bridgehead atoms. The molecule has 0 spiro atoms. The van der Waals surface area contributed by atoms with Crippen LogP contribution in [0, 0.1) is 0 Å². The molecule has 2 aromatic rings. The number of nitrogens with one attached hydrogen (secondary N) is 1. The first-order valence-corrected chi connectivity index (χ1v) is 6.71. The summed E-state index contributed by atoms with van der Waals surface area (Å²) in [5.41, 5.74) is 2.47. The van der Waals surface area contributed by atoms with Crippen LogP contribution in [0.5, 0.6) is 5.75 Å². The topological polar surface area (TPSA) is 121 Å². The molecule has 1 heterocycles. The van der Waals surface area contributed by atoms with Crippen LogP contribution in [0.15, 0.2) is 35.7 Å². The van der Waals surface area contributed by atoms with E-state index in [1.165, 1.54) is 22.8 Å². The molecule has 1 aromatic carbocycles. The van der Waals surface area contributed by atoms with Crippen LogP contribution in [0.1, 0.15) is 10.4 Å². The summed E-state index contributed by atoms with van der Waals surface area (Å²) in [4.78, 5) is 11.5. The second-order valence-electron chi connectivity index (χ2n) is 3.69. The van der Waals surface area contributed by atoms with E-state index in [0.29, 0.717) is 28.8 Å². The normalized spacial score (nSPS) is 10.2. The molecule has 9 heteroatoms. The maximum atomic E-state index is 11.5. The highest BCUT2D eigenvalue weighted by atomic mass is 32.2. The third-order valence-corrected chi connectivity index (χ3v) is 3.30. The van der Waals surface area contributed by atoms with Crippen molar-refractivity contribution >= 4 is 17.7 Å². The van der Waals surface area contributed by atoms with Crippen LogP contribution in [-0.2, 0) is 0 Å². The number of carbonyl (C=O) groups excluding carboxylic acids is 1. The summed E-state index contributed by atoms with van der Waals surface area (Å²) in [5.74, 6) is 11.4. The SMILES string of the molecule is NNC(=O)c1ccccc1OCCSc1nncn1N. The van der Waals surface area contributed by atoms with Crippen LogP contribution >= 0.6 is 11.8 Å². The van der Waals surface area contributed by atoms with Crippen molar-refractivity contribution in [1.29, 1.82) is 0 Å². The fourth-order valence-electron chi connectivity index (χ4n) is 1.48. The average Bonchev–Trinajstić information content (AvgIpc) is 2.88. The number of thioether (sulfide) groups is 1. The van der Waals surface area contributed by atoms with Crippen molar-refractivity contribution in [3.05, 3.63) is 36.2 Å². The summed E-state index contributed by atoms with van der Waals surface area (Å²) in [6.45, 7) is 0.395. The van der Waals surface area contributed by atoms with Gasteiger partial charge in [0.15, 0.2) is 0 Å². The van der Waals surface area contributed by atoms with Crippen molar-refractivity contribution < 1.29 is 9.53 Å². The predicted molar refractivity (Wildman–Crippen MR) is 74.5 cm³/mol. The lowest BCUT2D eigenvalue weighted by atomic mass is 10.2. The third-order valence-electron chi connectivity index (χ3n) is 2.38. The van der Waals surface area contributed by atoms with Gasteiger partial charge in [-0.25, -0.2) is 10.5 Å². The first-order valence-electron chi connectivity index (χ1n) is 5.73. The first-order chi connectivity index (χ1) is 9.72. The summed E-state index contributed by atoms with van der Waals surface area (Å²) in [7, 11) is 0. The van der Waals surface area contributed by atoms with Crippen molar-refractivity contribution in [3.63, 3.8) is 0 Å². The number of amides is 1. The van der Waals surface area contributed by atoms with Gasteiger partial charge in [0.25, 0.3) is 5.91 Å². The number of hydrogen-bond acceptors (Lipinski definition) is 7. The lowest BCUT2D eigenvalue weighted by Gasteiger charge is -2.09. The Morgan fingerprint density at radius 1 is 1.45 bits per heavy atom. The molecular weight excluding hydrogens is 280 g/mol. The highest BCUT2D eigenvalue weighted by Gasteiger charge is 2.10. The van der Waals surface area contributed by atoms with Crippen LogP contribution < -0.4 is 21.8 Å². The maximum absolute atomic E-state index is 11.5. The number of carbonyl (C=O) groups is 1. The lowest BCUT2D eigenvalue weighted by molar-refractivity contribution is 0.0950. The van der Waals surface area contributed by atoms with E-state index in [1.807, 2.05) is 0 Å². The highest BCUT2D eigenvalue weighted by Crippen LogP contribution is 2.19. The molecule has 0 saturated heterocycles. The number of nitrogen functional groups attached to an aromatic ring is 2. The van der Waals surface area contributed by atoms with E-state index in [-0.39, 0.29) is 0 Å². The summed E-state index contributed by atoms with van der Waals surface area (Å²) in [5, 5.41) is 8.10. The molecule has 0 aliphatic heterocycles. The Bertz CT molecular complexity index is 588. The Morgan fingerprint density at radius 3 is 2.95 bits per heavy atom. The molecular formula is C11H14N6O2S. The number of rotatable bonds is 6. The molecule has 0 unspecified atom stereocenters. The molecule has 0 saturated carbocycles. The van der Waals surface area contributed by atoms with Crippen LogP contribution in [0.25, 0.3) is 0 Å². The van der Waals surface area contributed by atoms with Gasteiger partial charge < -0.3 is 10.6 Å².